The second kappa shape index (κ2) is 9.99. The van der Waals surface area contributed by atoms with Crippen molar-refractivity contribution in [3.63, 3.8) is 0 Å². The van der Waals surface area contributed by atoms with Crippen LogP contribution in [0.5, 0.6) is 0 Å². The minimum Gasteiger partial charge on any atom is -0.322 e. The first-order chi connectivity index (χ1) is 16.2. The lowest BCUT2D eigenvalue weighted by molar-refractivity contribution is 0.102. The largest absolute Gasteiger partial charge is 0.322 e. The molecule has 0 unspecified atom stereocenters. The number of rotatable bonds is 6. The highest BCUT2D eigenvalue weighted by Crippen LogP contribution is 2.20. The molecule has 1 N–H and O–H groups in total. The molecule has 0 aliphatic carbocycles. The summed E-state index contributed by atoms with van der Waals surface area (Å²) in [4.78, 5) is 17.7. The average Bonchev–Trinajstić information content (AvgIpc) is 2.86. The topological polar surface area (TPSA) is 35.6 Å². The molecule has 1 saturated heterocycles. The van der Waals surface area contributed by atoms with Crippen molar-refractivity contribution in [1.29, 1.82) is 0 Å². The Morgan fingerprint density at radius 3 is 1.88 bits per heavy atom. The molecule has 0 radical (unpaired) electrons. The third kappa shape index (κ3) is 5.48. The zero-order valence-electron chi connectivity index (χ0n) is 18.8. The lowest BCUT2D eigenvalue weighted by atomic mass is 10.1. The Balaban J connectivity index is 1.13. The van der Waals surface area contributed by atoms with Gasteiger partial charge in [-0.3, -0.25) is 14.6 Å². The van der Waals surface area contributed by atoms with Gasteiger partial charge in [-0.2, -0.15) is 0 Å². The van der Waals surface area contributed by atoms with Gasteiger partial charge in [0.1, 0.15) is 0 Å². The minimum atomic E-state index is -0.0774. The molecule has 0 spiro atoms. The zero-order valence-corrected chi connectivity index (χ0v) is 18.8. The first-order valence-electron chi connectivity index (χ1n) is 11.6. The lowest BCUT2D eigenvalue weighted by Gasteiger charge is -2.34. The van der Waals surface area contributed by atoms with Crippen molar-refractivity contribution < 1.29 is 4.79 Å². The summed E-state index contributed by atoms with van der Waals surface area (Å²) in [5.41, 5.74) is 4.12. The molecule has 1 aliphatic heterocycles. The highest BCUT2D eigenvalue weighted by Gasteiger charge is 2.17. The van der Waals surface area contributed by atoms with Crippen LogP contribution in [0, 0.1) is 0 Å². The van der Waals surface area contributed by atoms with Crippen LogP contribution in [0.1, 0.15) is 21.5 Å². The summed E-state index contributed by atoms with van der Waals surface area (Å²) >= 11 is 0. The molecule has 4 heteroatoms. The van der Waals surface area contributed by atoms with Crippen LogP contribution in [0.25, 0.3) is 10.8 Å². The summed E-state index contributed by atoms with van der Waals surface area (Å²) < 4.78 is 0. The van der Waals surface area contributed by atoms with E-state index in [4.69, 9.17) is 0 Å². The Hall–Kier alpha value is -3.47. The van der Waals surface area contributed by atoms with Crippen molar-refractivity contribution in [2.24, 2.45) is 0 Å². The van der Waals surface area contributed by atoms with Gasteiger partial charge in [0, 0.05) is 50.5 Å². The molecule has 1 amide bonds. The number of carbonyl (C=O) groups is 1. The molecule has 166 valence electrons. The SMILES string of the molecule is O=C(Nc1ccc2ccccc2c1)c1ccc(CN2CCN(Cc3ccccc3)CC2)cc1. The van der Waals surface area contributed by atoms with Crippen molar-refractivity contribution in [3.05, 3.63) is 114 Å². The maximum Gasteiger partial charge on any atom is 0.255 e. The second-order valence-electron chi connectivity index (χ2n) is 8.75. The summed E-state index contributed by atoms with van der Waals surface area (Å²) in [6.07, 6.45) is 0. The smallest absolute Gasteiger partial charge is 0.255 e. The summed E-state index contributed by atoms with van der Waals surface area (Å²) in [5.74, 6) is -0.0774. The van der Waals surface area contributed by atoms with E-state index in [9.17, 15) is 4.79 Å². The molecule has 0 aromatic heterocycles. The van der Waals surface area contributed by atoms with Gasteiger partial charge < -0.3 is 5.32 Å². The van der Waals surface area contributed by atoms with Gasteiger partial charge in [0.25, 0.3) is 5.91 Å². The van der Waals surface area contributed by atoms with E-state index in [0.29, 0.717) is 5.56 Å². The van der Waals surface area contributed by atoms with E-state index in [1.807, 2.05) is 42.5 Å². The van der Waals surface area contributed by atoms with Gasteiger partial charge in [-0.1, -0.05) is 72.8 Å². The van der Waals surface area contributed by atoms with Crippen molar-refractivity contribution in [3.8, 4) is 0 Å². The number of benzene rings is 4. The predicted octanol–water partition coefficient (Wildman–Crippen LogP) is 5.41. The third-order valence-electron chi connectivity index (χ3n) is 6.34. The normalized spacial score (nSPS) is 14.9. The Kier molecular flexibility index (Phi) is 6.47. The molecule has 0 bridgehead atoms. The molecule has 0 atom stereocenters. The van der Waals surface area contributed by atoms with Gasteiger partial charge in [-0.15, -0.1) is 0 Å². The van der Waals surface area contributed by atoms with Crippen LogP contribution in [0.3, 0.4) is 0 Å². The van der Waals surface area contributed by atoms with Crippen LogP contribution in [0.2, 0.25) is 0 Å². The second-order valence-corrected chi connectivity index (χ2v) is 8.75. The number of hydrogen-bond donors (Lipinski definition) is 1. The highest BCUT2D eigenvalue weighted by molar-refractivity contribution is 6.05. The fraction of sp³-hybridized carbons (Fsp3) is 0.207. The molecule has 4 aromatic rings. The first kappa shape index (κ1) is 21.4. The zero-order chi connectivity index (χ0) is 22.5. The van der Waals surface area contributed by atoms with Crippen LogP contribution in [-0.4, -0.2) is 41.9 Å². The lowest BCUT2D eigenvalue weighted by Crippen LogP contribution is -2.45. The van der Waals surface area contributed by atoms with E-state index in [0.717, 1.165) is 50.3 Å². The third-order valence-corrected chi connectivity index (χ3v) is 6.34. The van der Waals surface area contributed by atoms with Gasteiger partial charge in [-0.25, -0.2) is 0 Å². The fourth-order valence-corrected chi connectivity index (χ4v) is 4.44. The molecule has 1 fully saturated rings. The van der Waals surface area contributed by atoms with Crippen LogP contribution in [0.4, 0.5) is 5.69 Å². The van der Waals surface area contributed by atoms with Crippen LogP contribution < -0.4 is 5.32 Å². The number of piperazine rings is 1. The van der Waals surface area contributed by atoms with E-state index in [2.05, 4.69) is 69.7 Å². The van der Waals surface area contributed by atoms with E-state index in [-0.39, 0.29) is 5.91 Å². The summed E-state index contributed by atoms with van der Waals surface area (Å²) in [6.45, 7) is 6.25. The summed E-state index contributed by atoms with van der Waals surface area (Å²) in [5, 5.41) is 5.31. The van der Waals surface area contributed by atoms with Gasteiger partial charge in [0.2, 0.25) is 0 Å². The number of fused-ring (bicyclic) bond motifs is 1. The van der Waals surface area contributed by atoms with Crippen LogP contribution in [0.15, 0.2) is 97.1 Å². The molecule has 1 aliphatic rings. The molecule has 1 heterocycles. The molecular weight excluding hydrogens is 406 g/mol. The Morgan fingerprint density at radius 2 is 1.21 bits per heavy atom. The Labute approximate surface area is 195 Å². The number of nitrogens with zero attached hydrogens (tertiary/aromatic N) is 2. The highest BCUT2D eigenvalue weighted by atomic mass is 16.1. The number of hydrogen-bond acceptors (Lipinski definition) is 3. The number of anilines is 1. The van der Waals surface area contributed by atoms with E-state index in [1.165, 1.54) is 16.5 Å². The molecule has 4 aromatic carbocycles. The monoisotopic (exact) mass is 435 g/mol. The van der Waals surface area contributed by atoms with Crippen molar-refractivity contribution >= 4 is 22.4 Å². The summed E-state index contributed by atoms with van der Waals surface area (Å²) in [6, 6.07) is 32.8. The summed E-state index contributed by atoms with van der Waals surface area (Å²) in [7, 11) is 0. The maximum absolute atomic E-state index is 12.7. The fourth-order valence-electron chi connectivity index (χ4n) is 4.44. The molecule has 5 rings (SSSR count). The van der Waals surface area contributed by atoms with Crippen molar-refractivity contribution in [2.75, 3.05) is 31.5 Å². The van der Waals surface area contributed by atoms with Gasteiger partial charge in [0.05, 0.1) is 0 Å². The first-order valence-corrected chi connectivity index (χ1v) is 11.6. The van der Waals surface area contributed by atoms with Crippen molar-refractivity contribution in [2.45, 2.75) is 13.1 Å². The minimum absolute atomic E-state index is 0.0774. The standard InChI is InChI=1S/C29H29N3O/c33-29(30-28-15-14-25-8-4-5-9-27(25)20-28)26-12-10-24(11-13-26)22-32-18-16-31(17-19-32)21-23-6-2-1-3-7-23/h1-15,20H,16-19,21-22H2,(H,30,33). The van der Waals surface area contributed by atoms with E-state index >= 15 is 0 Å². The Bertz CT molecular complexity index is 1210. The van der Waals surface area contributed by atoms with E-state index in [1.54, 1.807) is 0 Å². The molecular formula is C29H29N3O. The predicted molar refractivity (Wildman–Crippen MR) is 135 cm³/mol. The van der Waals surface area contributed by atoms with Crippen molar-refractivity contribution in [1.82, 2.24) is 9.80 Å². The average molecular weight is 436 g/mol. The number of nitrogens with one attached hydrogen (secondary N) is 1. The van der Waals surface area contributed by atoms with Crippen LogP contribution in [-0.2, 0) is 13.1 Å². The number of carbonyl (C=O) groups excluding carboxylic acids is 1. The quantitative estimate of drug-likeness (QED) is 0.440. The maximum atomic E-state index is 12.7. The van der Waals surface area contributed by atoms with Gasteiger partial charge >= 0.3 is 0 Å². The van der Waals surface area contributed by atoms with Crippen LogP contribution >= 0.6 is 0 Å². The molecule has 0 saturated carbocycles. The number of amides is 1. The Morgan fingerprint density at radius 1 is 0.636 bits per heavy atom. The van der Waals surface area contributed by atoms with E-state index < -0.39 is 0 Å². The molecule has 33 heavy (non-hydrogen) atoms. The van der Waals surface area contributed by atoms with Gasteiger partial charge in [-0.05, 0) is 46.2 Å². The molecule has 4 nitrogen and oxygen atoms in total. The van der Waals surface area contributed by atoms with Gasteiger partial charge in [0.15, 0.2) is 0 Å².